The minimum atomic E-state index is -0.439. The Bertz CT molecular complexity index is 1150. The fourth-order valence-corrected chi connectivity index (χ4v) is 6.23. The van der Waals surface area contributed by atoms with Gasteiger partial charge in [-0.05, 0) is 61.9 Å². The fourth-order valence-electron chi connectivity index (χ4n) is 6.04. The number of carbonyl (C=O) groups excluding carboxylic acids is 2. The first kappa shape index (κ1) is 23.6. The number of nitrogens with zero attached hydrogens (tertiary/aromatic N) is 5. The van der Waals surface area contributed by atoms with Crippen molar-refractivity contribution < 1.29 is 9.59 Å². The predicted octanol–water partition coefficient (Wildman–Crippen LogP) is 4.12. The molecular weight excluding hydrogens is 462 g/mol. The number of aromatic nitrogens is 1. The van der Waals surface area contributed by atoms with Crippen molar-refractivity contribution in [2.45, 2.75) is 50.6 Å². The van der Waals surface area contributed by atoms with Crippen molar-refractivity contribution in [2.75, 3.05) is 31.1 Å². The summed E-state index contributed by atoms with van der Waals surface area (Å²) in [6, 6.07) is 12.5. The van der Waals surface area contributed by atoms with E-state index in [9.17, 15) is 14.9 Å². The highest BCUT2D eigenvalue weighted by Crippen LogP contribution is 2.41. The molecule has 3 unspecified atom stereocenters. The number of fused-ring (bicyclic) bond motifs is 1. The van der Waals surface area contributed by atoms with Gasteiger partial charge in [0.25, 0.3) is 5.91 Å². The average molecular weight is 492 g/mol. The van der Waals surface area contributed by atoms with Crippen molar-refractivity contribution in [3.8, 4) is 6.07 Å². The van der Waals surface area contributed by atoms with Gasteiger partial charge < -0.3 is 14.7 Å². The number of pyridine rings is 1. The van der Waals surface area contributed by atoms with Crippen molar-refractivity contribution in [1.82, 2.24) is 14.8 Å². The van der Waals surface area contributed by atoms with Crippen molar-refractivity contribution in [2.24, 2.45) is 5.92 Å². The van der Waals surface area contributed by atoms with Crippen LogP contribution >= 0.6 is 11.6 Å². The monoisotopic (exact) mass is 491 g/mol. The first-order chi connectivity index (χ1) is 17.1. The van der Waals surface area contributed by atoms with Gasteiger partial charge in [0.15, 0.2) is 0 Å². The third-order valence-corrected chi connectivity index (χ3v) is 7.93. The lowest BCUT2D eigenvalue weighted by Crippen LogP contribution is -2.51. The molecule has 2 aromatic rings. The van der Waals surface area contributed by atoms with Crippen LogP contribution in [-0.4, -0.2) is 64.9 Å². The lowest BCUT2D eigenvalue weighted by molar-refractivity contribution is -0.135. The molecule has 1 aromatic heterocycles. The summed E-state index contributed by atoms with van der Waals surface area (Å²) in [6.45, 7) is 2.52. The van der Waals surface area contributed by atoms with Gasteiger partial charge in [0.05, 0.1) is 5.56 Å². The largest absolute Gasteiger partial charge is 0.354 e. The summed E-state index contributed by atoms with van der Waals surface area (Å²) < 4.78 is 0. The predicted molar refractivity (Wildman–Crippen MR) is 134 cm³/mol. The molecule has 0 spiro atoms. The number of carbonyl (C=O) groups is 2. The maximum Gasteiger partial charge on any atom is 0.254 e. The van der Waals surface area contributed by atoms with Gasteiger partial charge in [0, 0.05) is 49.0 Å². The zero-order valence-electron chi connectivity index (χ0n) is 19.8. The standard InChI is InChI=1S/C27H30ClN5O2/c28-22-9-3-7-20(16-22)26(34)33-23-10-2-1-6-19(23)17-24(33)27(35)32-13-5-12-31(14-15-32)25-21(18-29)8-4-11-30-25/h3-4,7-9,11,16,19,23-24H,1-2,5-6,10,12-15,17H2. The second kappa shape index (κ2) is 10.2. The molecule has 3 aliphatic rings. The molecule has 2 amide bonds. The third kappa shape index (κ3) is 4.72. The van der Waals surface area contributed by atoms with Gasteiger partial charge in [-0.2, -0.15) is 5.26 Å². The van der Waals surface area contributed by atoms with Gasteiger partial charge in [0.1, 0.15) is 17.9 Å². The summed E-state index contributed by atoms with van der Waals surface area (Å²) in [7, 11) is 0. The molecule has 3 fully saturated rings. The zero-order chi connectivity index (χ0) is 24.4. The third-order valence-electron chi connectivity index (χ3n) is 7.69. The molecule has 0 N–H and O–H groups in total. The molecule has 3 atom stereocenters. The SMILES string of the molecule is N#Cc1cccnc1N1CCCN(C(=O)C2CC3CCCCC3N2C(=O)c2cccc(Cl)c2)CC1. The highest BCUT2D eigenvalue weighted by Gasteiger charge is 2.48. The molecule has 0 radical (unpaired) electrons. The van der Waals surface area contributed by atoms with Crippen molar-refractivity contribution in [3.63, 3.8) is 0 Å². The molecule has 2 aliphatic heterocycles. The number of likely N-dealkylation sites (tertiary alicyclic amines) is 1. The van der Waals surface area contributed by atoms with Crippen LogP contribution in [0.5, 0.6) is 0 Å². The minimum Gasteiger partial charge on any atom is -0.354 e. The van der Waals surface area contributed by atoms with E-state index in [0.29, 0.717) is 47.5 Å². The molecule has 1 aliphatic carbocycles. The number of halogens is 1. The number of nitriles is 1. The van der Waals surface area contributed by atoms with E-state index < -0.39 is 6.04 Å². The van der Waals surface area contributed by atoms with E-state index in [1.54, 1.807) is 42.6 Å². The van der Waals surface area contributed by atoms with E-state index in [-0.39, 0.29) is 17.9 Å². The van der Waals surface area contributed by atoms with Crippen LogP contribution in [-0.2, 0) is 4.79 Å². The Hall–Kier alpha value is -3.11. The zero-order valence-corrected chi connectivity index (χ0v) is 20.5. The van der Waals surface area contributed by atoms with Gasteiger partial charge in [-0.15, -0.1) is 0 Å². The lowest BCUT2D eigenvalue weighted by Gasteiger charge is -2.35. The maximum absolute atomic E-state index is 13.9. The van der Waals surface area contributed by atoms with E-state index in [4.69, 9.17) is 11.6 Å². The molecule has 182 valence electrons. The van der Waals surface area contributed by atoms with Crippen LogP contribution in [0.15, 0.2) is 42.6 Å². The molecular formula is C27H30ClN5O2. The average Bonchev–Trinajstić information content (AvgIpc) is 3.10. The number of amides is 2. The number of hydrogen-bond acceptors (Lipinski definition) is 5. The molecule has 8 heteroatoms. The first-order valence-corrected chi connectivity index (χ1v) is 12.9. The van der Waals surface area contributed by atoms with E-state index in [1.165, 1.54) is 0 Å². The molecule has 3 heterocycles. The van der Waals surface area contributed by atoms with Crippen LogP contribution < -0.4 is 4.90 Å². The van der Waals surface area contributed by atoms with Crippen LogP contribution in [0.2, 0.25) is 5.02 Å². The Morgan fingerprint density at radius 3 is 2.71 bits per heavy atom. The summed E-state index contributed by atoms with van der Waals surface area (Å²) in [6.07, 6.45) is 7.48. The van der Waals surface area contributed by atoms with Gasteiger partial charge >= 0.3 is 0 Å². The highest BCUT2D eigenvalue weighted by molar-refractivity contribution is 6.31. The Balaban J connectivity index is 1.36. The molecule has 7 nitrogen and oxygen atoms in total. The fraction of sp³-hybridized carbons (Fsp3) is 0.481. The Labute approximate surface area is 211 Å². The Kier molecular flexibility index (Phi) is 6.92. The molecule has 2 saturated heterocycles. The summed E-state index contributed by atoms with van der Waals surface area (Å²) in [5, 5.41) is 9.99. The molecule has 1 aromatic carbocycles. The van der Waals surface area contributed by atoms with Gasteiger partial charge in [0.2, 0.25) is 5.91 Å². The lowest BCUT2D eigenvalue weighted by atomic mass is 9.84. The summed E-state index contributed by atoms with van der Waals surface area (Å²) in [5.41, 5.74) is 1.09. The number of hydrogen-bond donors (Lipinski definition) is 0. The second-order valence-corrected chi connectivity index (χ2v) is 10.2. The van der Waals surface area contributed by atoms with Crippen molar-refractivity contribution in [1.29, 1.82) is 5.26 Å². The van der Waals surface area contributed by atoms with Crippen molar-refractivity contribution >= 4 is 29.2 Å². The minimum absolute atomic E-state index is 0.0400. The van der Waals surface area contributed by atoms with Gasteiger partial charge in [-0.1, -0.05) is 30.5 Å². The van der Waals surface area contributed by atoms with Crippen LogP contribution in [0.25, 0.3) is 0 Å². The smallest absolute Gasteiger partial charge is 0.254 e. The summed E-state index contributed by atoms with van der Waals surface area (Å²) in [5.74, 6) is 0.993. The Morgan fingerprint density at radius 2 is 1.89 bits per heavy atom. The van der Waals surface area contributed by atoms with Crippen molar-refractivity contribution in [3.05, 3.63) is 58.7 Å². The molecule has 1 saturated carbocycles. The topological polar surface area (TPSA) is 80.5 Å². The van der Waals surface area contributed by atoms with E-state index >= 15 is 0 Å². The summed E-state index contributed by atoms with van der Waals surface area (Å²) in [4.78, 5) is 37.9. The summed E-state index contributed by atoms with van der Waals surface area (Å²) >= 11 is 6.18. The second-order valence-electron chi connectivity index (χ2n) is 9.74. The molecule has 0 bridgehead atoms. The normalized spacial score (nSPS) is 24.5. The van der Waals surface area contributed by atoms with E-state index in [1.807, 2.05) is 9.80 Å². The van der Waals surface area contributed by atoms with Crippen LogP contribution in [0.1, 0.15) is 54.4 Å². The molecule has 35 heavy (non-hydrogen) atoms. The van der Waals surface area contributed by atoms with Gasteiger partial charge in [-0.25, -0.2) is 4.98 Å². The maximum atomic E-state index is 13.9. The molecule has 5 rings (SSSR count). The highest BCUT2D eigenvalue weighted by atomic mass is 35.5. The Morgan fingerprint density at radius 1 is 1.03 bits per heavy atom. The number of benzene rings is 1. The van der Waals surface area contributed by atoms with Crippen LogP contribution in [0.3, 0.4) is 0 Å². The van der Waals surface area contributed by atoms with Gasteiger partial charge in [-0.3, -0.25) is 9.59 Å². The van der Waals surface area contributed by atoms with E-state index in [0.717, 1.165) is 45.1 Å². The number of rotatable bonds is 3. The quantitative estimate of drug-likeness (QED) is 0.645. The first-order valence-electron chi connectivity index (χ1n) is 12.5. The van der Waals surface area contributed by atoms with E-state index in [2.05, 4.69) is 16.0 Å². The van der Waals surface area contributed by atoms with Crippen LogP contribution in [0, 0.1) is 17.2 Å². The number of anilines is 1. The van der Waals surface area contributed by atoms with Crippen LogP contribution in [0.4, 0.5) is 5.82 Å².